The first-order chi connectivity index (χ1) is 8.16. The van der Waals surface area contributed by atoms with Gasteiger partial charge in [-0.05, 0) is 6.07 Å². The summed E-state index contributed by atoms with van der Waals surface area (Å²) in [7, 11) is 0. The van der Waals surface area contributed by atoms with Gasteiger partial charge < -0.3 is 15.6 Å². The molecule has 0 atom stereocenters. The molecular formula is C8H8N6O3. The van der Waals surface area contributed by atoms with Crippen molar-refractivity contribution in [1.82, 2.24) is 15.1 Å². The van der Waals surface area contributed by atoms with Crippen LogP contribution in [-0.2, 0) is 6.54 Å². The standard InChI is InChI=1S/C8H8N6O3/c9-8-5(14(15)16)1-2-6(12-8)10-3-7-11-4-17-13-7/h1-2,4H,3H2,(H3,9,10,12). The van der Waals surface area contributed by atoms with E-state index in [1.807, 2.05) is 0 Å². The molecule has 2 rings (SSSR count). The Bertz CT molecular complexity index is 526. The first-order valence-corrected chi connectivity index (χ1v) is 4.57. The minimum Gasteiger partial charge on any atom is -0.378 e. The zero-order valence-electron chi connectivity index (χ0n) is 8.53. The molecule has 0 aromatic carbocycles. The van der Waals surface area contributed by atoms with Gasteiger partial charge in [0.1, 0.15) is 5.82 Å². The first kappa shape index (κ1) is 10.8. The van der Waals surface area contributed by atoms with Crippen LogP contribution in [0.5, 0.6) is 0 Å². The molecule has 0 amide bonds. The van der Waals surface area contributed by atoms with Crippen LogP contribution in [0.3, 0.4) is 0 Å². The highest BCUT2D eigenvalue weighted by Crippen LogP contribution is 2.20. The minimum atomic E-state index is -0.592. The largest absolute Gasteiger partial charge is 0.378 e. The highest BCUT2D eigenvalue weighted by atomic mass is 16.6. The van der Waals surface area contributed by atoms with Crippen molar-refractivity contribution in [2.75, 3.05) is 11.1 Å². The van der Waals surface area contributed by atoms with E-state index in [0.29, 0.717) is 18.2 Å². The Morgan fingerprint density at radius 1 is 1.53 bits per heavy atom. The van der Waals surface area contributed by atoms with Crippen LogP contribution in [0, 0.1) is 10.1 Å². The lowest BCUT2D eigenvalue weighted by molar-refractivity contribution is -0.384. The number of hydrogen-bond acceptors (Lipinski definition) is 8. The van der Waals surface area contributed by atoms with Crippen molar-refractivity contribution >= 4 is 17.3 Å². The fraction of sp³-hybridized carbons (Fsp3) is 0.125. The predicted molar refractivity (Wildman–Crippen MR) is 56.9 cm³/mol. The molecule has 0 radical (unpaired) electrons. The van der Waals surface area contributed by atoms with E-state index in [1.54, 1.807) is 0 Å². The second kappa shape index (κ2) is 4.43. The van der Waals surface area contributed by atoms with E-state index in [2.05, 4.69) is 25.0 Å². The molecule has 0 aliphatic heterocycles. The Hall–Kier alpha value is -2.71. The second-order valence-corrected chi connectivity index (χ2v) is 3.06. The summed E-state index contributed by atoms with van der Waals surface area (Å²) in [6, 6.07) is 2.73. The van der Waals surface area contributed by atoms with Crippen molar-refractivity contribution in [3.05, 3.63) is 34.5 Å². The third-order valence-corrected chi connectivity index (χ3v) is 1.93. The molecule has 9 nitrogen and oxygen atoms in total. The number of aromatic nitrogens is 3. The van der Waals surface area contributed by atoms with E-state index in [-0.39, 0.29) is 11.5 Å². The highest BCUT2D eigenvalue weighted by molar-refractivity contribution is 5.57. The molecule has 17 heavy (non-hydrogen) atoms. The van der Waals surface area contributed by atoms with Gasteiger partial charge in [0.05, 0.1) is 11.5 Å². The lowest BCUT2D eigenvalue weighted by atomic mass is 10.4. The van der Waals surface area contributed by atoms with Crippen molar-refractivity contribution in [2.24, 2.45) is 0 Å². The number of pyridine rings is 1. The summed E-state index contributed by atoms with van der Waals surface area (Å²) < 4.78 is 4.54. The van der Waals surface area contributed by atoms with Crippen LogP contribution in [0.15, 0.2) is 23.0 Å². The third-order valence-electron chi connectivity index (χ3n) is 1.93. The average molecular weight is 236 g/mol. The van der Waals surface area contributed by atoms with Crippen LogP contribution in [0.1, 0.15) is 5.82 Å². The van der Waals surface area contributed by atoms with Crippen molar-refractivity contribution in [3.8, 4) is 0 Å². The molecule has 0 saturated carbocycles. The maximum absolute atomic E-state index is 10.5. The summed E-state index contributed by atoms with van der Waals surface area (Å²) >= 11 is 0. The second-order valence-electron chi connectivity index (χ2n) is 3.06. The maximum Gasteiger partial charge on any atom is 0.311 e. The monoisotopic (exact) mass is 236 g/mol. The lowest BCUT2D eigenvalue weighted by Gasteiger charge is -2.03. The third kappa shape index (κ3) is 2.45. The quantitative estimate of drug-likeness (QED) is 0.581. The Balaban J connectivity index is 2.07. The van der Waals surface area contributed by atoms with Crippen molar-refractivity contribution in [2.45, 2.75) is 6.54 Å². The van der Waals surface area contributed by atoms with Gasteiger partial charge in [0.2, 0.25) is 12.2 Å². The summed E-state index contributed by atoms with van der Waals surface area (Å²) in [6.07, 6.45) is 1.20. The molecule has 9 heteroatoms. The van der Waals surface area contributed by atoms with Crippen molar-refractivity contribution in [1.29, 1.82) is 0 Å². The molecule has 0 spiro atoms. The van der Waals surface area contributed by atoms with E-state index in [9.17, 15) is 10.1 Å². The van der Waals surface area contributed by atoms with E-state index in [1.165, 1.54) is 18.5 Å². The highest BCUT2D eigenvalue weighted by Gasteiger charge is 2.12. The molecule has 0 saturated heterocycles. The number of anilines is 2. The van der Waals surface area contributed by atoms with Gasteiger partial charge in [-0.2, -0.15) is 4.98 Å². The fourth-order valence-corrected chi connectivity index (χ4v) is 1.16. The molecular weight excluding hydrogens is 228 g/mol. The minimum absolute atomic E-state index is 0.145. The molecule has 2 aromatic rings. The van der Waals surface area contributed by atoms with Gasteiger partial charge in [0, 0.05) is 6.07 Å². The molecule has 2 aromatic heterocycles. The molecule has 0 aliphatic carbocycles. The number of nitrogens with two attached hydrogens (primary N) is 1. The average Bonchev–Trinajstić information content (AvgIpc) is 2.78. The molecule has 0 bridgehead atoms. The first-order valence-electron chi connectivity index (χ1n) is 4.57. The number of nitrogen functional groups attached to an aromatic ring is 1. The van der Waals surface area contributed by atoms with Crippen LogP contribution < -0.4 is 11.1 Å². The van der Waals surface area contributed by atoms with Crippen molar-refractivity contribution in [3.63, 3.8) is 0 Å². The summed E-state index contributed by atoms with van der Waals surface area (Å²) in [4.78, 5) is 17.5. The summed E-state index contributed by atoms with van der Waals surface area (Å²) in [5.41, 5.74) is 5.20. The molecule has 3 N–H and O–H groups in total. The SMILES string of the molecule is Nc1nc(NCc2ncon2)ccc1[N+](=O)[O-]. The van der Waals surface area contributed by atoms with Crippen LogP contribution in [0.2, 0.25) is 0 Å². The van der Waals surface area contributed by atoms with Gasteiger partial charge in [0.15, 0.2) is 5.82 Å². The van der Waals surface area contributed by atoms with E-state index < -0.39 is 4.92 Å². The van der Waals surface area contributed by atoms with Gasteiger partial charge in [0.25, 0.3) is 0 Å². The fourth-order valence-electron chi connectivity index (χ4n) is 1.16. The number of hydrogen-bond donors (Lipinski definition) is 2. The predicted octanol–water partition coefficient (Wildman–Crippen LogP) is 0.567. The number of nitrogens with one attached hydrogen (secondary N) is 1. The van der Waals surface area contributed by atoms with Crippen LogP contribution in [0.4, 0.5) is 17.3 Å². The Morgan fingerprint density at radius 3 is 2.94 bits per heavy atom. The summed E-state index contributed by atoms with van der Waals surface area (Å²) in [5, 5.41) is 16.9. The van der Waals surface area contributed by atoms with Gasteiger partial charge in [-0.1, -0.05) is 5.16 Å². The van der Waals surface area contributed by atoms with E-state index in [0.717, 1.165) is 0 Å². The smallest absolute Gasteiger partial charge is 0.311 e. The number of nitrogens with zero attached hydrogens (tertiary/aromatic N) is 4. The summed E-state index contributed by atoms with van der Waals surface area (Å²) in [6.45, 7) is 0.292. The molecule has 2 heterocycles. The van der Waals surface area contributed by atoms with Gasteiger partial charge in [-0.3, -0.25) is 10.1 Å². The Kier molecular flexibility index (Phi) is 2.81. The molecule has 0 fully saturated rings. The van der Waals surface area contributed by atoms with Crippen LogP contribution in [-0.4, -0.2) is 20.0 Å². The zero-order valence-corrected chi connectivity index (χ0v) is 8.53. The Labute approximate surface area is 94.8 Å². The Morgan fingerprint density at radius 2 is 2.35 bits per heavy atom. The van der Waals surface area contributed by atoms with E-state index >= 15 is 0 Å². The maximum atomic E-state index is 10.5. The molecule has 0 unspecified atom stereocenters. The number of nitro groups is 1. The van der Waals surface area contributed by atoms with Crippen LogP contribution >= 0.6 is 0 Å². The van der Waals surface area contributed by atoms with Crippen molar-refractivity contribution < 1.29 is 9.45 Å². The van der Waals surface area contributed by atoms with Gasteiger partial charge >= 0.3 is 5.69 Å². The summed E-state index contributed by atoms with van der Waals surface area (Å²) in [5.74, 6) is 0.703. The lowest BCUT2D eigenvalue weighted by Crippen LogP contribution is -2.05. The van der Waals surface area contributed by atoms with Gasteiger partial charge in [-0.15, -0.1) is 0 Å². The van der Waals surface area contributed by atoms with Crippen LogP contribution in [0.25, 0.3) is 0 Å². The number of rotatable bonds is 4. The van der Waals surface area contributed by atoms with E-state index in [4.69, 9.17) is 5.73 Å². The molecule has 0 aliphatic rings. The van der Waals surface area contributed by atoms with Gasteiger partial charge in [-0.25, -0.2) is 4.98 Å². The zero-order chi connectivity index (χ0) is 12.3. The normalized spacial score (nSPS) is 10.1. The molecule has 88 valence electrons. The topological polar surface area (TPSA) is 133 Å².